The van der Waals surface area contributed by atoms with Gasteiger partial charge in [0.1, 0.15) is 0 Å². The van der Waals surface area contributed by atoms with E-state index in [0.717, 1.165) is 5.88 Å². The van der Waals surface area contributed by atoms with Crippen molar-refractivity contribution in [3.63, 3.8) is 0 Å². The van der Waals surface area contributed by atoms with E-state index < -0.39 is 0 Å². The molecule has 0 spiro atoms. The Morgan fingerprint density at radius 2 is 1.78 bits per heavy atom. The quantitative estimate of drug-likeness (QED) is 0.358. The van der Waals surface area contributed by atoms with Crippen molar-refractivity contribution in [3.05, 3.63) is 0 Å². The molecule has 0 aromatic rings. The van der Waals surface area contributed by atoms with Crippen LogP contribution in [0.1, 0.15) is 26.2 Å². The average molecular weight is 151 g/mol. The zero-order chi connectivity index (χ0) is 7.54. The SMILES string of the molecule is CCCCCCl.O[B]O. The van der Waals surface area contributed by atoms with Crippen LogP contribution in [0, 0.1) is 0 Å². The summed E-state index contributed by atoms with van der Waals surface area (Å²) in [5, 5.41) is 14.0. The molecule has 0 aliphatic carbocycles. The number of hydrogen-bond acceptors (Lipinski definition) is 2. The molecular weight excluding hydrogens is 138 g/mol. The first-order valence-electron chi connectivity index (χ1n) is 2.99. The number of unbranched alkanes of at least 4 members (excludes halogenated alkanes) is 2. The molecule has 1 radical (unpaired) electrons. The van der Waals surface area contributed by atoms with Crippen molar-refractivity contribution in [2.75, 3.05) is 5.88 Å². The minimum absolute atomic E-state index is 0. The highest BCUT2D eigenvalue weighted by Gasteiger charge is 1.76. The van der Waals surface area contributed by atoms with Crippen LogP contribution < -0.4 is 0 Å². The molecule has 0 aromatic heterocycles. The van der Waals surface area contributed by atoms with Crippen LogP contribution in [0.2, 0.25) is 0 Å². The molecule has 0 atom stereocenters. The maximum absolute atomic E-state index is 7.00. The van der Waals surface area contributed by atoms with Gasteiger partial charge in [-0.05, 0) is 6.42 Å². The normalized spacial score (nSPS) is 7.56. The monoisotopic (exact) mass is 151 g/mol. The summed E-state index contributed by atoms with van der Waals surface area (Å²) in [6, 6.07) is 0. The van der Waals surface area contributed by atoms with Gasteiger partial charge in [0.25, 0.3) is 0 Å². The molecule has 0 heterocycles. The molecule has 9 heavy (non-hydrogen) atoms. The molecule has 0 aliphatic heterocycles. The van der Waals surface area contributed by atoms with E-state index in [2.05, 4.69) is 6.92 Å². The Kier molecular flexibility index (Phi) is 21.0. The number of hydrogen-bond donors (Lipinski definition) is 2. The Bertz CT molecular complexity index is 34.1. The van der Waals surface area contributed by atoms with Gasteiger partial charge < -0.3 is 10.0 Å². The van der Waals surface area contributed by atoms with Gasteiger partial charge >= 0.3 is 7.69 Å². The van der Waals surface area contributed by atoms with Gasteiger partial charge in [-0.1, -0.05) is 19.8 Å². The molecule has 0 unspecified atom stereocenters. The van der Waals surface area contributed by atoms with Crippen molar-refractivity contribution >= 4 is 19.3 Å². The zero-order valence-electron chi connectivity index (χ0n) is 5.68. The van der Waals surface area contributed by atoms with Crippen LogP contribution in [0.3, 0.4) is 0 Å². The van der Waals surface area contributed by atoms with E-state index in [1.807, 2.05) is 0 Å². The second-order valence-corrected chi connectivity index (χ2v) is 1.89. The predicted molar refractivity (Wildman–Crippen MR) is 40.4 cm³/mol. The Morgan fingerprint density at radius 1 is 1.33 bits per heavy atom. The molecule has 0 aliphatic rings. The summed E-state index contributed by atoms with van der Waals surface area (Å²) in [5.41, 5.74) is 0. The van der Waals surface area contributed by atoms with Crippen molar-refractivity contribution in [1.29, 1.82) is 0 Å². The van der Waals surface area contributed by atoms with Crippen molar-refractivity contribution in [3.8, 4) is 0 Å². The molecule has 0 bridgehead atoms. The summed E-state index contributed by atoms with van der Waals surface area (Å²) in [6.07, 6.45) is 3.73. The van der Waals surface area contributed by atoms with Crippen LogP contribution in [-0.2, 0) is 0 Å². The summed E-state index contributed by atoms with van der Waals surface area (Å²) in [7, 11) is 0. The molecule has 0 fully saturated rings. The first-order valence-corrected chi connectivity index (χ1v) is 3.53. The minimum Gasteiger partial charge on any atom is -0.429 e. The highest BCUT2D eigenvalue weighted by Crippen LogP contribution is 1.93. The third kappa shape index (κ3) is 30.4. The topological polar surface area (TPSA) is 40.5 Å². The van der Waals surface area contributed by atoms with E-state index in [0.29, 0.717) is 0 Å². The lowest BCUT2D eigenvalue weighted by Crippen LogP contribution is -1.75. The summed E-state index contributed by atoms with van der Waals surface area (Å²) in [6.45, 7) is 2.17. The van der Waals surface area contributed by atoms with Crippen LogP contribution in [0.15, 0.2) is 0 Å². The van der Waals surface area contributed by atoms with Crippen LogP contribution >= 0.6 is 11.6 Å². The van der Waals surface area contributed by atoms with Gasteiger partial charge in [-0.25, -0.2) is 0 Å². The number of halogens is 1. The maximum Gasteiger partial charge on any atom is 0.482 e. The number of alkyl halides is 1. The van der Waals surface area contributed by atoms with Crippen molar-refractivity contribution < 1.29 is 10.0 Å². The van der Waals surface area contributed by atoms with Crippen molar-refractivity contribution in [1.82, 2.24) is 0 Å². The Hall–Kier alpha value is 0.275. The largest absolute Gasteiger partial charge is 0.482 e. The zero-order valence-corrected chi connectivity index (χ0v) is 6.43. The number of rotatable bonds is 3. The summed E-state index contributed by atoms with van der Waals surface area (Å²) in [5.74, 6) is 0.827. The third-order valence-corrected chi connectivity index (χ3v) is 1.00. The summed E-state index contributed by atoms with van der Waals surface area (Å²) in [4.78, 5) is 0. The Balaban J connectivity index is 0. The Labute approximate surface area is 62.2 Å². The van der Waals surface area contributed by atoms with Gasteiger partial charge in [0, 0.05) is 5.88 Å². The molecule has 0 saturated heterocycles. The average Bonchev–Trinajstić information content (AvgIpc) is 1.86. The lowest BCUT2D eigenvalue weighted by molar-refractivity contribution is 0.448. The smallest absolute Gasteiger partial charge is 0.429 e. The molecule has 0 rings (SSSR count). The fourth-order valence-corrected chi connectivity index (χ4v) is 0.533. The van der Waals surface area contributed by atoms with E-state index in [1.54, 1.807) is 0 Å². The molecule has 0 aromatic carbocycles. The van der Waals surface area contributed by atoms with Gasteiger partial charge in [-0.15, -0.1) is 11.6 Å². The van der Waals surface area contributed by atoms with E-state index in [-0.39, 0.29) is 7.69 Å². The van der Waals surface area contributed by atoms with E-state index in [9.17, 15) is 0 Å². The first kappa shape index (κ1) is 12.0. The standard InChI is InChI=1S/C5H11Cl.BH2O2/c1-2-3-4-5-6;2-1-3/h2-5H2,1H3;2-3H. The lowest BCUT2D eigenvalue weighted by Gasteiger charge is -1.84. The minimum atomic E-state index is 0. The predicted octanol–water partition coefficient (Wildman–Crippen LogP) is 0.921. The van der Waals surface area contributed by atoms with Gasteiger partial charge in [-0.3, -0.25) is 0 Å². The van der Waals surface area contributed by atoms with Crippen LogP contribution in [0.5, 0.6) is 0 Å². The Morgan fingerprint density at radius 3 is 1.89 bits per heavy atom. The maximum atomic E-state index is 7.00. The molecule has 4 heteroatoms. The van der Waals surface area contributed by atoms with E-state index >= 15 is 0 Å². The van der Waals surface area contributed by atoms with E-state index in [4.69, 9.17) is 21.6 Å². The van der Waals surface area contributed by atoms with Crippen LogP contribution in [0.4, 0.5) is 0 Å². The van der Waals surface area contributed by atoms with Crippen molar-refractivity contribution in [2.24, 2.45) is 0 Å². The summed E-state index contributed by atoms with van der Waals surface area (Å²) < 4.78 is 0. The van der Waals surface area contributed by atoms with Crippen molar-refractivity contribution in [2.45, 2.75) is 26.2 Å². The van der Waals surface area contributed by atoms with Gasteiger partial charge in [-0.2, -0.15) is 0 Å². The first-order chi connectivity index (χ1) is 4.33. The van der Waals surface area contributed by atoms with Crippen LogP contribution in [0.25, 0.3) is 0 Å². The molecule has 0 saturated carbocycles. The molecular formula is C5H13BClO2. The molecule has 2 nitrogen and oxygen atoms in total. The fourth-order valence-electron chi connectivity index (χ4n) is 0.344. The second kappa shape index (κ2) is 15.7. The van der Waals surface area contributed by atoms with Gasteiger partial charge in [0.2, 0.25) is 0 Å². The van der Waals surface area contributed by atoms with Crippen LogP contribution in [-0.4, -0.2) is 23.6 Å². The van der Waals surface area contributed by atoms with Gasteiger partial charge in [0.15, 0.2) is 0 Å². The van der Waals surface area contributed by atoms with Gasteiger partial charge in [0.05, 0.1) is 0 Å². The molecule has 0 amide bonds. The highest BCUT2D eigenvalue weighted by molar-refractivity contribution is 6.17. The fraction of sp³-hybridized carbons (Fsp3) is 1.00. The summed E-state index contributed by atoms with van der Waals surface area (Å²) >= 11 is 5.38. The van der Waals surface area contributed by atoms with E-state index in [1.165, 1.54) is 19.3 Å². The second-order valence-electron chi connectivity index (χ2n) is 1.51. The molecule has 55 valence electrons. The molecule has 2 N–H and O–H groups in total. The third-order valence-electron chi connectivity index (χ3n) is 0.737. The highest BCUT2D eigenvalue weighted by atomic mass is 35.5. The lowest BCUT2D eigenvalue weighted by atomic mass is 10.3.